The van der Waals surface area contributed by atoms with Crippen LogP contribution in [-0.2, 0) is 0 Å². The molecule has 0 spiro atoms. The van der Waals surface area contributed by atoms with Crippen molar-refractivity contribution in [1.82, 2.24) is 15.0 Å². The molecule has 0 aliphatic heterocycles. The Hall–Kier alpha value is -2.75. The van der Waals surface area contributed by atoms with Gasteiger partial charge in [0.2, 0.25) is 0 Å². The minimum atomic E-state index is 0.726. The van der Waals surface area contributed by atoms with E-state index in [-0.39, 0.29) is 0 Å². The molecule has 3 aromatic heterocycles. The summed E-state index contributed by atoms with van der Waals surface area (Å²) in [7, 11) is 0. The van der Waals surface area contributed by atoms with E-state index in [1.54, 1.807) is 12.3 Å². The van der Waals surface area contributed by atoms with Gasteiger partial charge in [-0.05, 0) is 25.1 Å². The second-order valence-electron chi connectivity index (χ2n) is 4.63. The molecule has 0 saturated carbocycles. The molecule has 0 aliphatic carbocycles. The van der Waals surface area contributed by atoms with E-state index in [2.05, 4.69) is 32.6 Å². The van der Waals surface area contributed by atoms with Crippen LogP contribution in [-0.4, -0.2) is 27.2 Å². The predicted octanol–water partition coefficient (Wildman–Crippen LogP) is 3.62. The van der Waals surface area contributed by atoms with Crippen molar-refractivity contribution in [1.29, 1.82) is 0 Å². The van der Waals surface area contributed by atoms with Gasteiger partial charge in [-0.3, -0.25) is 9.98 Å². The topological polar surface area (TPSA) is 53.9 Å². The Balaban J connectivity index is 2.17. The number of hydrogen-bond acceptors (Lipinski definition) is 3. The average Bonchev–Trinajstić information content (AvgIpc) is 2.96. The molecule has 4 nitrogen and oxygen atoms in total. The maximum Gasteiger partial charge on any atom is 0.137 e. The van der Waals surface area contributed by atoms with E-state index in [1.165, 1.54) is 0 Å². The van der Waals surface area contributed by atoms with Gasteiger partial charge < -0.3 is 4.98 Å². The van der Waals surface area contributed by atoms with Crippen molar-refractivity contribution < 1.29 is 0 Å². The number of hydrogen-bond donors (Lipinski definition) is 1. The van der Waals surface area contributed by atoms with Crippen molar-refractivity contribution in [3.8, 4) is 11.1 Å². The van der Waals surface area contributed by atoms with Gasteiger partial charge in [-0.1, -0.05) is 12.6 Å². The van der Waals surface area contributed by atoms with Gasteiger partial charge in [0.25, 0.3) is 0 Å². The molecule has 3 heterocycles. The Morgan fingerprint density at radius 3 is 3.00 bits per heavy atom. The minimum Gasteiger partial charge on any atom is -0.345 e. The molecule has 0 aliphatic rings. The third kappa shape index (κ3) is 2.48. The van der Waals surface area contributed by atoms with E-state index in [0.29, 0.717) is 0 Å². The van der Waals surface area contributed by atoms with Crippen LogP contribution < -0.4 is 0 Å². The highest BCUT2D eigenvalue weighted by Gasteiger charge is 2.10. The largest absolute Gasteiger partial charge is 0.345 e. The number of nitrogens with one attached hydrogen (secondary N) is 1. The van der Waals surface area contributed by atoms with Crippen molar-refractivity contribution in [3.05, 3.63) is 61.2 Å². The monoisotopic (exact) mass is 276 g/mol. The lowest BCUT2D eigenvalue weighted by molar-refractivity contribution is 1.13. The predicted molar refractivity (Wildman–Crippen MR) is 86.6 cm³/mol. The molecular weight excluding hydrogens is 260 g/mol. The molecule has 0 bridgehead atoms. The third-order valence-electron chi connectivity index (χ3n) is 3.32. The van der Waals surface area contributed by atoms with Crippen molar-refractivity contribution in [2.75, 3.05) is 6.54 Å². The summed E-state index contributed by atoms with van der Waals surface area (Å²) >= 11 is 0. The summed E-state index contributed by atoms with van der Waals surface area (Å²) in [4.78, 5) is 16.3. The highest BCUT2D eigenvalue weighted by atomic mass is 14.8. The summed E-state index contributed by atoms with van der Waals surface area (Å²) in [6.07, 6.45) is 9.17. The van der Waals surface area contributed by atoms with E-state index in [9.17, 15) is 0 Å². The number of aromatic nitrogens is 3. The van der Waals surface area contributed by atoms with E-state index < -0.39 is 0 Å². The van der Waals surface area contributed by atoms with Crippen LogP contribution in [0.15, 0.2) is 60.6 Å². The Bertz CT molecular complexity index is 800. The van der Waals surface area contributed by atoms with Crippen molar-refractivity contribution in [2.45, 2.75) is 6.92 Å². The van der Waals surface area contributed by atoms with Gasteiger partial charge in [-0.25, -0.2) is 4.98 Å². The molecule has 3 rings (SSSR count). The fourth-order valence-electron chi connectivity index (χ4n) is 2.34. The lowest BCUT2D eigenvalue weighted by atomic mass is 10.1. The van der Waals surface area contributed by atoms with Crippen LogP contribution in [0.5, 0.6) is 0 Å². The third-order valence-corrected chi connectivity index (χ3v) is 3.32. The fourth-order valence-corrected chi connectivity index (χ4v) is 2.34. The summed E-state index contributed by atoms with van der Waals surface area (Å²) in [6, 6.07) is 6.06. The summed E-state index contributed by atoms with van der Waals surface area (Å²) in [5.41, 5.74) is 4.85. The lowest BCUT2D eigenvalue weighted by Gasteiger charge is -2.03. The number of nitrogens with zero attached hydrogens (tertiary/aromatic N) is 3. The van der Waals surface area contributed by atoms with E-state index >= 15 is 0 Å². The van der Waals surface area contributed by atoms with Crippen molar-refractivity contribution >= 4 is 16.7 Å². The number of pyridine rings is 2. The first-order valence-corrected chi connectivity index (χ1v) is 6.88. The van der Waals surface area contributed by atoms with Gasteiger partial charge in [0.05, 0.1) is 5.71 Å². The van der Waals surface area contributed by atoms with Crippen molar-refractivity contribution in [3.63, 3.8) is 0 Å². The second kappa shape index (κ2) is 5.71. The Kier molecular flexibility index (Phi) is 3.60. The van der Waals surface area contributed by atoms with Crippen LogP contribution in [0.3, 0.4) is 0 Å². The second-order valence-corrected chi connectivity index (χ2v) is 4.63. The molecule has 0 radical (unpaired) electrons. The molecule has 0 unspecified atom stereocenters. The van der Waals surface area contributed by atoms with Gasteiger partial charge in [-0.2, -0.15) is 0 Å². The summed E-state index contributed by atoms with van der Waals surface area (Å²) in [5, 5.41) is 1.04. The highest BCUT2D eigenvalue weighted by Crippen LogP contribution is 2.24. The van der Waals surface area contributed by atoms with E-state index in [0.717, 1.165) is 40.0 Å². The lowest BCUT2D eigenvalue weighted by Crippen LogP contribution is -1.96. The first-order valence-electron chi connectivity index (χ1n) is 6.88. The van der Waals surface area contributed by atoms with Crippen LogP contribution in [0, 0.1) is 0 Å². The standard InChI is InChI=1S/C17H16N4/c1-3-16(19-4-2)15-11-21-17-14(15)8-13(10-20-17)12-6-5-7-18-9-12/h3,5-11H,1,4H2,2H3,(H,20,21). The average molecular weight is 276 g/mol. The normalized spacial score (nSPS) is 11.8. The number of allylic oxidation sites excluding steroid dienone is 1. The van der Waals surface area contributed by atoms with Gasteiger partial charge >= 0.3 is 0 Å². The Morgan fingerprint density at radius 1 is 1.38 bits per heavy atom. The van der Waals surface area contributed by atoms with Gasteiger partial charge in [-0.15, -0.1) is 0 Å². The first kappa shape index (κ1) is 13.2. The van der Waals surface area contributed by atoms with E-state index in [1.807, 2.05) is 37.6 Å². The molecule has 4 heteroatoms. The van der Waals surface area contributed by atoms with Crippen LogP contribution in [0.1, 0.15) is 12.5 Å². The first-order chi connectivity index (χ1) is 10.3. The molecule has 0 atom stereocenters. The van der Waals surface area contributed by atoms with Crippen LogP contribution in [0.25, 0.3) is 22.2 Å². The molecule has 0 amide bonds. The number of rotatable bonds is 4. The molecule has 3 aromatic rings. The quantitative estimate of drug-likeness (QED) is 0.740. The number of aromatic amines is 1. The SMILES string of the molecule is C=CC(=NCC)c1c[nH]c2ncc(-c3cccnc3)cc12. The smallest absolute Gasteiger partial charge is 0.137 e. The zero-order valence-electron chi connectivity index (χ0n) is 11.9. The number of H-pyrrole nitrogens is 1. The van der Waals surface area contributed by atoms with Gasteiger partial charge in [0.1, 0.15) is 5.65 Å². The minimum absolute atomic E-state index is 0.726. The zero-order chi connectivity index (χ0) is 14.7. The van der Waals surface area contributed by atoms with E-state index in [4.69, 9.17) is 0 Å². The maximum atomic E-state index is 4.48. The molecule has 1 N–H and O–H groups in total. The van der Waals surface area contributed by atoms with Crippen LogP contribution in [0.4, 0.5) is 0 Å². The number of fused-ring (bicyclic) bond motifs is 1. The molecule has 0 aromatic carbocycles. The molecule has 0 fully saturated rings. The summed E-state index contributed by atoms with van der Waals surface area (Å²) in [6.45, 7) is 6.59. The van der Waals surface area contributed by atoms with Gasteiger partial charge in [0, 0.05) is 53.4 Å². The van der Waals surface area contributed by atoms with Crippen molar-refractivity contribution in [2.24, 2.45) is 4.99 Å². The molecule has 104 valence electrons. The highest BCUT2D eigenvalue weighted by molar-refractivity contribution is 6.16. The Morgan fingerprint density at radius 2 is 2.29 bits per heavy atom. The number of aliphatic imine (C=N–C) groups is 1. The maximum absolute atomic E-state index is 4.48. The van der Waals surface area contributed by atoms with Gasteiger partial charge in [0.15, 0.2) is 0 Å². The van der Waals surface area contributed by atoms with Crippen LogP contribution >= 0.6 is 0 Å². The Labute approximate surface area is 123 Å². The van der Waals surface area contributed by atoms with Crippen LogP contribution in [0.2, 0.25) is 0 Å². The fraction of sp³-hybridized carbons (Fsp3) is 0.118. The summed E-state index contributed by atoms with van der Waals surface area (Å²) < 4.78 is 0. The molecule has 21 heavy (non-hydrogen) atoms. The zero-order valence-corrected chi connectivity index (χ0v) is 11.9. The molecule has 0 saturated heterocycles. The molecular formula is C17H16N4. The summed E-state index contributed by atoms with van der Waals surface area (Å²) in [5.74, 6) is 0.